The highest BCUT2D eigenvalue weighted by Gasteiger charge is 2.12. The summed E-state index contributed by atoms with van der Waals surface area (Å²) in [6, 6.07) is 18.1. The van der Waals surface area contributed by atoms with Gasteiger partial charge in [-0.2, -0.15) is 0 Å². The molecule has 1 aromatic heterocycles. The van der Waals surface area contributed by atoms with E-state index in [0.29, 0.717) is 5.02 Å². The van der Waals surface area contributed by atoms with Crippen LogP contribution in [0.5, 0.6) is 0 Å². The van der Waals surface area contributed by atoms with Crippen LogP contribution in [-0.2, 0) is 0 Å². The van der Waals surface area contributed by atoms with E-state index in [4.69, 9.17) is 11.6 Å². The van der Waals surface area contributed by atoms with E-state index in [2.05, 4.69) is 22.4 Å². The Bertz CT molecular complexity index is 777. The first-order valence-electron chi connectivity index (χ1n) is 7.74. The van der Waals surface area contributed by atoms with E-state index in [0.717, 1.165) is 29.4 Å². The highest BCUT2D eigenvalue weighted by Crippen LogP contribution is 2.30. The van der Waals surface area contributed by atoms with Gasteiger partial charge in [0.05, 0.1) is 11.6 Å². The van der Waals surface area contributed by atoms with Gasteiger partial charge in [-0.1, -0.05) is 41.9 Å². The summed E-state index contributed by atoms with van der Waals surface area (Å²) in [5.74, 6) is 0. The minimum absolute atomic E-state index is 0.132. The van der Waals surface area contributed by atoms with Crippen molar-refractivity contribution in [3.8, 4) is 0 Å². The predicted molar refractivity (Wildman–Crippen MR) is 95.9 cm³/mol. The summed E-state index contributed by atoms with van der Waals surface area (Å²) in [6.07, 6.45) is 3.40. The van der Waals surface area contributed by atoms with Crippen molar-refractivity contribution in [3.05, 3.63) is 71.4 Å². The first kappa shape index (κ1) is 15.8. The van der Waals surface area contributed by atoms with Crippen LogP contribution in [-0.4, -0.2) is 16.7 Å². The van der Waals surface area contributed by atoms with Gasteiger partial charge in [0, 0.05) is 28.9 Å². The Morgan fingerprint density at radius 2 is 1.91 bits per heavy atom. The molecular formula is C19H19ClN2O. The quantitative estimate of drug-likeness (QED) is 0.683. The van der Waals surface area contributed by atoms with Crippen LogP contribution in [0.3, 0.4) is 0 Å². The zero-order chi connectivity index (χ0) is 16.1. The number of halogens is 1. The van der Waals surface area contributed by atoms with E-state index in [1.807, 2.05) is 42.5 Å². The van der Waals surface area contributed by atoms with E-state index < -0.39 is 0 Å². The predicted octanol–water partition coefficient (Wildman–Crippen LogP) is 4.81. The third-order valence-corrected chi connectivity index (χ3v) is 4.12. The minimum Gasteiger partial charge on any atom is -0.396 e. The van der Waals surface area contributed by atoms with Crippen LogP contribution < -0.4 is 5.32 Å². The highest BCUT2D eigenvalue weighted by molar-refractivity contribution is 6.31. The summed E-state index contributed by atoms with van der Waals surface area (Å²) in [4.78, 5) is 4.39. The molecule has 118 valence electrons. The van der Waals surface area contributed by atoms with Crippen LogP contribution in [0.15, 0.2) is 60.8 Å². The maximum atomic E-state index is 9.18. The van der Waals surface area contributed by atoms with Gasteiger partial charge in [0.15, 0.2) is 0 Å². The van der Waals surface area contributed by atoms with E-state index in [-0.39, 0.29) is 12.6 Å². The molecule has 0 bridgehead atoms. The molecule has 0 fully saturated rings. The van der Waals surface area contributed by atoms with E-state index in [9.17, 15) is 5.11 Å². The standard InChI is InChI=1S/C19H19ClN2O/c20-15-8-9-18-16(13-15)19(10-11-21-18)22-17(7-4-12-23)14-5-2-1-3-6-14/h1-3,5-6,8-11,13,17,23H,4,7,12H2,(H,21,22). The molecule has 3 nitrogen and oxygen atoms in total. The Balaban J connectivity index is 1.95. The van der Waals surface area contributed by atoms with Gasteiger partial charge < -0.3 is 10.4 Å². The minimum atomic E-state index is 0.132. The maximum Gasteiger partial charge on any atom is 0.0723 e. The van der Waals surface area contributed by atoms with Crippen molar-refractivity contribution in [1.29, 1.82) is 0 Å². The van der Waals surface area contributed by atoms with E-state index in [1.165, 1.54) is 5.56 Å². The van der Waals surface area contributed by atoms with Gasteiger partial charge >= 0.3 is 0 Å². The van der Waals surface area contributed by atoms with Gasteiger partial charge in [0.1, 0.15) is 0 Å². The topological polar surface area (TPSA) is 45.1 Å². The number of benzene rings is 2. The Hall–Kier alpha value is -2.10. The van der Waals surface area contributed by atoms with Crippen molar-refractivity contribution in [2.24, 2.45) is 0 Å². The summed E-state index contributed by atoms with van der Waals surface area (Å²) >= 11 is 6.14. The molecule has 3 rings (SSSR count). The fraction of sp³-hybridized carbons (Fsp3) is 0.211. The van der Waals surface area contributed by atoms with Crippen LogP contribution >= 0.6 is 11.6 Å². The Kier molecular flexibility index (Phi) is 5.11. The van der Waals surface area contributed by atoms with Crippen LogP contribution in [0.4, 0.5) is 5.69 Å². The molecule has 0 aliphatic carbocycles. The lowest BCUT2D eigenvalue weighted by Gasteiger charge is -2.21. The molecule has 4 heteroatoms. The molecule has 1 heterocycles. The van der Waals surface area contributed by atoms with Crippen molar-refractivity contribution in [2.75, 3.05) is 11.9 Å². The summed E-state index contributed by atoms with van der Waals surface area (Å²) in [7, 11) is 0. The summed E-state index contributed by atoms with van der Waals surface area (Å²) < 4.78 is 0. The lowest BCUT2D eigenvalue weighted by molar-refractivity contribution is 0.281. The number of aliphatic hydroxyl groups is 1. The second-order valence-electron chi connectivity index (χ2n) is 5.49. The fourth-order valence-corrected chi connectivity index (χ4v) is 2.91. The second-order valence-corrected chi connectivity index (χ2v) is 5.93. The summed E-state index contributed by atoms with van der Waals surface area (Å²) in [6.45, 7) is 0.188. The van der Waals surface area contributed by atoms with Gasteiger partial charge in [-0.25, -0.2) is 0 Å². The van der Waals surface area contributed by atoms with Gasteiger partial charge in [0.2, 0.25) is 0 Å². The number of hydrogen-bond donors (Lipinski definition) is 2. The number of aliphatic hydroxyl groups excluding tert-OH is 1. The molecule has 1 unspecified atom stereocenters. The molecule has 0 saturated heterocycles. The summed E-state index contributed by atoms with van der Waals surface area (Å²) in [5.41, 5.74) is 3.12. The smallest absolute Gasteiger partial charge is 0.0723 e. The third-order valence-electron chi connectivity index (χ3n) is 3.89. The first-order valence-corrected chi connectivity index (χ1v) is 8.12. The molecule has 1 atom stereocenters. The maximum absolute atomic E-state index is 9.18. The number of rotatable bonds is 6. The zero-order valence-corrected chi connectivity index (χ0v) is 13.5. The van der Waals surface area contributed by atoms with Crippen molar-refractivity contribution < 1.29 is 5.11 Å². The fourth-order valence-electron chi connectivity index (χ4n) is 2.73. The molecule has 0 aliphatic rings. The van der Waals surface area contributed by atoms with E-state index in [1.54, 1.807) is 6.20 Å². The molecule has 0 amide bonds. The number of nitrogens with one attached hydrogen (secondary N) is 1. The van der Waals surface area contributed by atoms with Crippen LogP contribution in [0.1, 0.15) is 24.4 Å². The van der Waals surface area contributed by atoms with Crippen molar-refractivity contribution in [2.45, 2.75) is 18.9 Å². The van der Waals surface area contributed by atoms with Gasteiger partial charge in [-0.05, 0) is 42.7 Å². The molecule has 23 heavy (non-hydrogen) atoms. The molecule has 2 N–H and O–H groups in total. The van der Waals surface area contributed by atoms with Crippen molar-refractivity contribution >= 4 is 28.2 Å². The Labute approximate surface area is 140 Å². The average Bonchev–Trinajstić information content (AvgIpc) is 2.59. The number of aromatic nitrogens is 1. The number of hydrogen-bond acceptors (Lipinski definition) is 3. The summed E-state index contributed by atoms with van der Waals surface area (Å²) in [5, 5.41) is 14.5. The first-order chi connectivity index (χ1) is 11.3. The van der Waals surface area contributed by atoms with Crippen LogP contribution in [0, 0.1) is 0 Å². The number of pyridine rings is 1. The van der Waals surface area contributed by atoms with E-state index >= 15 is 0 Å². The SMILES string of the molecule is OCCCC(Nc1ccnc2ccc(Cl)cc12)c1ccccc1. The third kappa shape index (κ3) is 3.81. The monoisotopic (exact) mass is 326 g/mol. The molecule has 2 aromatic carbocycles. The average molecular weight is 327 g/mol. The molecule has 0 aliphatic heterocycles. The number of anilines is 1. The van der Waals surface area contributed by atoms with Gasteiger partial charge in [-0.15, -0.1) is 0 Å². The lowest BCUT2D eigenvalue weighted by atomic mass is 10.0. The van der Waals surface area contributed by atoms with Crippen molar-refractivity contribution in [3.63, 3.8) is 0 Å². The highest BCUT2D eigenvalue weighted by atomic mass is 35.5. The van der Waals surface area contributed by atoms with Crippen molar-refractivity contribution in [1.82, 2.24) is 4.98 Å². The lowest BCUT2D eigenvalue weighted by Crippen LogP contribution is -2.12. The molecular weight excluding hydrogens is 308 g/mol. The molecule has 3 aromatic rings. The second kappa shape index (κ2) is 7.44. The number of fused-ring (bicyclic) bond motifs is 1. The van der Waals surface area contributed by atoms with Gasteiger partial charge in [0.25, 0.3) is 0 Å². The Morgan fingerprint density at radius 1 is 1.09 bits per heavy atom. The molecule has 0 radical (unpaired) electrons. The largest absolute Gasteiger partial charge is 0.396 e. The van der Waals surface area contributed by atoms with Gasteiger partial charge in [-0.3, -0.25) is 4.98 Å². The molecule has 0 saturated carbocycles. The Morgan fingerprint density at radius 3 is 2.70 bits per heavy atom. The van der Waals surface area contributed by atoms with Crippen LogP contribution in [0.25, 0.3) is 10.9 Å². The zero-order valence-electron chi connectivity index (χ0n) is 12.7. The number of nitrogens with zero attached hydrogens (tertiary/aromatic N) is 1. The molecule has 0 spiro atoms. The van der Waals surface area contributed by atoms with Crippen LogP contribution in [0.2, 0.25) is 5.02 Å². The normalized spacial score (nSPS) is 12.3.